The molecule has 0 aromatic rings. The van der Waals surface area contributed by atoms with E-state index in [-0.39, 0.29) is 0 Å². The van der Waals surface area contributed by atoms with Gasteiger partial charge >= 0.3 is 0 Å². The van der Waals surface area contributed by atoms with E-state index in [0.29, 0.717) is 0 Å². The van der Waals surface area contributed by atoms with Crippen LogP contribution in [-0.4, -0.2) is 20.9 Å². The van der Waals surface area contributed by atoms with Gasteiger partial charge < -0.3 is 5.32 Å². The van der Waals surface area contributed by atoms with Gasteiger partial charge in [0.15, 0.2) is 0 Å². The summed E-state index contributed by atoms with van der Waals surface area (Å²) in [6.07, 6.45) is 1.39. The molecule has 1 aliphatic carbocycles. The Kier molecular flexibility index (Phi) is 0.883. The van der Waals surface area contributed by atoms with Crippen molar-refractivity contribution in [2.45, 2.75) is 18.3 Å². The molecule has 2 atom stereocenters. The van der Waals surface area contributed by atoms with Gasteiger partial charge in [0.25, 0.3) is 0 Å². The quantitative estimate of drug-likeness (QED) is 0.417. The topological polar surface area (TPSA) is 12.0 Å². The summed E-state index contributed by atoms with van der Waals surface area (Å²) in [7, 11) is 4.29. The first-order chi connectivity index (χ1) is 2.84. The molecule has 0 radical (unpaired) electrons. The maximum Gasteiger partial charge on any atom is 0.107 e. The lowest BCUT2D eigenvalue weighted by atomic mass is 10.0. The molecule has 0 spiro atoms. The number of hydrogen-bond donors (Lipinski definition) is 1. The first kappa shape index (κ1) is 4.19. The van der Waals surface area contributed by atoms with Crippen LogP contribution in [-0.2, 0) is 0 Å². The predicted octanol–water partition coefficient (Wildman–Crippen LogP) is -0.600. The van der Waals surface area contributed by atoms with Crippen molar-refractivity contribution < 1.29 is 0 Å². The van der Waals surface area contributed by atoms with Crippen molar-refractivity contribution in [3.8, 4) is 0 Å². The third-order valence-corrected chi connectivity index (χ3v) is 1.48. The van der Waals surface area contributed by atoms with Crippen molar-refractivity contribution >= 4 is 7.85 Å². The van der Waals surface area contributed by atoms with E-state index in [9.17, 15) is 0 Å². The van der Waals surface area contributed by atoms with Crippen molar-refractivity contribution in [3.05, 3.63) is 0 Å². The Labute approximate surface area is 39.5 Å². The van der Waals surface area contributed by atoms with E-state index in [0.717, 1.165) is 11.9 Å². The van der Waals surface area contributed by atoms with Crippen molar-refractivity contribution in [2.24, 2.45) is 0 Å². The van der Waals surface area contributed by atoms with Crippen LogP contribution in [0, 0.1) is 0 Å². The largest absolute Gasteiger partial charge is 0.317 e. The van der Waals surface area contributed by atoms with Crippen LogP contribution in [0.5, 0.6) is 0 Å². The summed E-state index contributed by atoms with van der Waals surface area (Å²) in [5.41, 5.74) is 0. The molecule has 0 aliphatic heterocycles. The SMILES string of the molecule is BC1CC1NC. The summed E-state index contributed by atoms with van der Waals surface area (Å²) in [5, 5.41) is 3.19. The lowest BCUT2D eigenvalue weighted by Gasteiger charge is -1.84. The summed E-state index contributed by atoms with van der Waals surface area (Å²) in [5.74, 6) is 0.954. The highest BCUT2D eigenvalue weighted by Crippen LogP contribution is 2.32. The Morgan fingerprint density at radius 3 is 2.33 bits per heavy atom. The Bertz CT molecular complexity index is 53.5. The first-order valence-corrected chi connectivity index (χ1v) is 2.52. The molecule has 1 rings (SSSR count). The summed E-state index contributed by atoms with van der Waals surface area (Å²) in [4.78, 5) is 0. The molecule has 0 heterocycles. The van der Waals surface area contributed by atoms with E-state index in [1.54, 1.807) is 0 Å². The van der Waals surface area contributed by atoms with Gasteiger partial charge in [-0.15, -0.1) is 0 Å². The second-order valence-corrected chi connectivity index (χ2v) is 2.11. The number of hydrogen-bond acceptors (Lipinski definition) is 1. The molecule has 1 fully saturated rings. The van der Waals surface area contributed by atoms with Crippen LogP contribution in [0.1, 0.15) is 6.42 Å². The van der Waals surface area contributed by atoms with E-state index < -0.39 is 0 Å². The fourth-order valence-corrected chi connectivity index (χ4v) is 0.724. The van der Waals surface area contributed by atoms with Crippen molar-refractivity contribution in [1.29, 1.82) is 0 Å². The highest BCUT2D eigenvalue weighted by molar-refractivity contribution is 6.14. The molecule has 0 aromatic heterocycles. The van der Waals surface area contributed by atoms with Crippen molar-refractivity contribution in [1.82, 2.24) is 5.32 Å². The number of nitrogens with one attached hydrogen (secondary N) is 1. The Morgan fingerprint density at radius 2 is 2.33 bits per heavy atom. The minimum atomic E-state index is 0.852. The summed E-state index contributed by atoms with van der Waals surface area (Å²) in [6.45, 7) is 0. The van der Waals surface area contributed by atoms with Crippen LogP contribution >= 0.6 is 0 Å². The normalized spacial score (nSPS) is 42.8. The van der Waals surface area contributed by atoms with E-state index in [1.165, 1.54) is 6.42 Å². The fraction of sp³-hybridized carbons (Fsp3) is 1.00. The van der Waals surface area contributed by atoms with E-state index in [2.05, 4.69) is 13.2 Å². The lowest BCUT2D eigenvalue weighted by molar-refractivity contribution is 0.810. The molecule has 0 amide bonds. The van der Waals surface area contributed by atoms with E-state index >= 15 is 0 Å². The third kappa shape index (κ3) is 0.572. The second kappa shape index (κ2) is 1.26. The van der Waals surface area contributed by atoms with Gasteiger partial charge in [0, 0.05) is 6.04 Å². The maximum absolute atomic E-state index is 3.19. The van der Waals surface area contributed by atoms with Crippen LogP contribution in [0.2, 0.25) is 5.82 Å². The molecule has 2 heteroatoms. The molecule has 0 aromatic carbocycles. The average molecular weight is 82.9 g/mol. The highest BCUT2D eigenvalue weighted by atomic mass is 14.9. The van der Waals surface area contributed by atoms with Crippen LogP contribution in [0.15, 0.2) is 0 Å². The first-order valence-electron chi connectivity index (χ1n) is 2.52. The molecule has 34 valence electrons. The van der Waals surface area contributed by atoms with Gasteiger partial charge in [-0.1, -0.05) is 5.82 Å². The van der Waals surface area contributed by atoms with E-state index in [1.807, 2.05) is 7.05 Å². The molecular weight excluding hydrogens is 72.9 g/mol. The molecule has 1 saturated carbocycles. The smallest absolute Gasteiger partial charge is 0.107 e. The van der Waals surface area contributed by atoms with Crippen LogP contribution in [0.3, 0.4) is 0 Å². The molecule has 2 unspecified atom stereocenters. The Hall–Kier alpha value is 0.0249. The van der Waals surface area contributed by atoms with Gasteiger partial charge in [-0.25, -0.2) is 0 Å². The summed E-state index contributed by atoms with van der Waals surface area (Å²) in [6, 6.07) is 0.852. The lowest BCUT2D eigenvalue weighted by Crippen LogP contribution is -2.08. The second-order valence-electron chi connectivity index (χ2n) is 2.11. The molecular formula is C4H10BN. The molecule has 0 saturated heterocycles. The molecule has 6 heavy (non-hydrogen) atoms. The average Bonchev–Trinajstić information content (AvgIpc) is 2.19. The highest BCUT2D eigenvalue weighted by Gasteiger charge is 2.29. The van der Waals surface area contributed by atoms with Crippen molar-refractivity contribution in [3.63, 3.8) is 0 Å². The van der Waals surface area contributed by atoms with Gasteiger partial charge in [0.2, 0.25) is 0 Å². The third-order valence-electron chi connectivity index (χ3n) is 1.48. The van der Waals surface area contributed by atoms with Crippen LogP contribution < -0.4 is 5.32 Å². The fourth-order valence-electron chi connectivity index (χ4n) is 0.724. The minimum Gasteiger partial charge on any atom is -0.317 e. The molecule has 1 aliphatic rings. The van der Waals surface area contributed by atoms with Gasteiger partial charge in [-0.05, 0) is 13.5 Å². The van der Waals surface area contributed by atoms with Crippen molar-refractivity contribution in [2.75, 3.05) is 7.05 Å². The van der Waals surface area contributed by atoms with Gasteiger partial charge in [0.1, 0.15) is 7.85 Å². The molecule has 1 N–H and O–H groups in total. The predicted molar refractivity (Wildman–Crippen MR) is 29.8 cm³/mol. The van der Waals surface area contributed by atoms with Crippen LogP contribution in [0.4, 0.5) is 0 Å². The summed E-state index contributed by atoms with van der Waals surface area (Å²) < 4.78 is 0. The minimum absolute atomic E-state index is 0.852. The van der Waals surface area contributed by atoms with E-state index in [4.69, 9.17) is 0 Å². The zero-order valence-corrected chi connectivity index (χ0v) is 4.36. The standard InChI is InChI=1S/C4H10BN/c1-6-4-2-3(4)5/h3-4,6H,2,5H2,1H3. The van der Waals surface area contributed by atoms with Crippen LogP contribution in [0.25, 0.3) is 0 Å². The number of rotatable bonds is 1. The van der Waals surface area contributed by atoms with Gasteiger partial charge in [0.05, 0.1) is 0 Å². The maximum atomic E-state index is 3.19. The Morgan fingerprint density at radius 1 is 1.83 bits per heavy atom. The van der Waals surface area contributed by atoms with Gasteiger partial charge in [-0.2, -0.15) is 0 Å². The monoisotopic (exact) mass is 83.1 g/mol. The Balaban J connectivity index is 2.09. The molecule has 1 nitrogen and oxygen atoms in total. The molecule has 0 bridgehead atoms. The van der Waals surface area contributed by atoms with Gasteiger partial charge in [-0.3, -0.25) is 0 Å². The zero-order valence-electron chi connectivity index (χ0n) is 4.36. The zero-order chi connectivity index (χ0) is 4.57. The summed E-state index contributed by atoms with van der Waals surface area (Å²) >= 11 is 0.